The average molecular weight is 675 g/mol. The fraction of sp³-hybridized carbons (Fsp3) is 0.277. The number of para-hydroxylation sites is 2. The van der Waals surface area contributed by atoms with Gasteiger partial charge in [-0.1, -0.05) is 104 Å². The van der Waals surface area contributed by atoms with Crippen LogP contribution in [-0.2, 0) is 27.3 Å². The molecule has 0 saturated carbocycles. The summed E-state index contributed by atoms with van der Waals surface area (Å²) in [6.07, 6.45) is 0. The Bertz CT molecular complexity index is 2680. The Balaban J connectivity index is 1.29. The second-order valence-electron chi connectivity index (χ2n) is 18.6. The van der Waals surface area contributed by atoms with E-state index in [4.69, 9.17) is 4.74 Å². The van der Waals surface area contributed by atoms with E-state index >= 15 is 0 Å². The topological polar surface area (TPSA) is 23.5 Å². The summed E-state index contributed by atoms with van der Waals surface area (Å²) in [6.45, 7) is 19.5. The molecule has 6 aromatic rings. The molecule has 250 valence electrons. The summed E-state index contributed by atoms with van der Waals surface area (Å²) >= 11 is 0. The minimum absolute atomic E-state index is 0.208. The van der Waals surface area contributed by atoms with Crippen molar-refractivity contribution in [2.45, 2.75) is 82.7 Å². The molecular weight excluding hydrogens is 637 g/mol. The lowest BCUT2D eigenvalue weighted by Gasteiger charge is -2.53. The molecule has 52 heavy (non-hydrogen) atoms. The van der Waals surface area contributed by atoms with Gasteiger partial charge in [0.15, 0.2) is 22.8 Å². The van der Waals surface area contributed by atoms with Crippen molar-refractivity contribution < 1.29 is 13.9 Å². The number of hydrogen-bond acceptors (Lipinski definition) is 3. The highest BCUT2D eigenvalue weighted by atomic mass is 16.5. The summed E-state index contributed by atoms with van der Waals surface area (Å²) in [5.41, 5.74) is 19.9. The highest BCUT2D eigenvalue weighted by molar-refractivity contribution is 5.99. The van der Waals surface area contributed by atoms with Gasteiger partial charge >= 0.3 is 5.66 Å². The second kappa shape index (κ2) is 7.28. The first-order valence-corrected chi connectivity index (χ1v) is 19.0. The minimum Gasteiger partial charge on any atom is -0.456 e. The van der Waals surface area contributed by atoms with Crippen LogP contribution in [0.2, 0.25) is 0 Å². The molecule has 0 saturated heterocycles. The Kier molecular flexibility index (Phi) is 3.81. The zero-order chi connectivity index (χ0) is 35.0. The normalized spacial score (nSPS) is 21.2. The number of nitrogens with zero attached hydrogens (tertiary/aromatic N) is 4. The molecule has 5 nitrogen and oxygen atoms in total. The zero-order valence-corrected chi connectivity index (χ0v) is 30.8. The van der Waals surface area contributed by atoms with Gasteiger partial charge in [-0.25, -0.2) is 0 Å². The summed E-state index contributed by atoms with van der Waals surface area (Å²) in [6, 6.07) is 33.1. The van der Waals surface area contributed by atoms with Gasteiger partial charge in [0.25, 0.3) is 11.6 Å². The summed E-state index contributed by atoms with van der Waals surface area (Å²) < 4.78 is 12.8. The van der Waals surface area contributed by atoms with Gasteiger partial charge in [0.2, 0.25) is 0 Å². The molecule has 2 aromatic heterocycles. The Labute approximate surface area is 303 Å². The first-order valence-electron chi connectivity index (χ1n) is 19.0. The minimum atomic E-state index is -0.681. The molecule has 0 amide bonds. The van der Waals surface area contributed by atoms with Gasteiger partial charge in [0, 0.05) is 55.0 Å². The fourth-order valence-corrected chi connectivity index (χ4v) is 12.6. The van der Waals surface area contributed by atoms with Crippen molar-refractivity contribution >= 4 is 34.4 Å². The van der Waals surface area contributed by atoms with E-state index in [0.29, 0.717) is 0 Å². The third-order valence-corrected chi connectivity index (χ3v) is 15.1. The van der Waals surface area contributed by atoms with Crippen LogP contribution in [0.5, 0.6) is 11.5 Å². The van der Waals surface area contributed by atoms with Gasteiger partial charge in [-0.3, -0.25) is 0 Å². The van der Waals surface area contributed by atoms with Crippen LogP contribution in [-0.4, -0.2) is 0 Å². The molecule has 0 aliphatic carbocycles. The quantitative estimate of drug-likeness (QED) is 0.150. The van der Waals surface area contributed by atoms with E-state index in [1.165, 1.54) is 101 Å². The van der Waals surface area contributed by atoms with Crippen LogP contribution in [0.25, 0.3) is 11.4 Å². The molecular formula is C47H38N4O+2. The predicted octanol–water partition coefficient (Wildman–Crippen LogP) is 9.77. The zero-order valence-electron chi connectivity index (χ0n) is 30.8. The third kappa shape index (κ3) is 2.24. The van der Waals surface area contributed by atoms with Crippen LogP contribution < -0.4 is 23.7 Å². The standard InChI is InChI=1S/C47H38N4O/c1-43(2)23-11-9-13-25-37(23)48-39-27(43)17-21-33-35(39)47-36-34(52-33)22-18-28-40(36)49-38-24(44(28,3)4)12-10-14-26(38)46(7,8)30-16-20-32(51(47)42(30)49)31-19-15-29(45(25,5)6)41(48)50(31)47/h9-22H,1-8H3/q+2. The largest absolute Gasteiger partial charge is 0.456 e. The Morgan fingerprint density at radius 1 is 0.404 bits per heavy atom. The van der Waals surface area contributed by atoms with Gasteiger partial charge in [-0.15, -0.1) is 0 Å². The van der Waals surface area contributed by atoms with E-state index in [9.17, 15) is 0 Å². The van der Waals surface area contributed by atoms with Crippen molar-refractivity contribution in [3.63, 3.8) is 0 Å². The monoisotopic (exact) mass is 674 g/mol. The van der Waals surface area contributed by atoms with Gasteiger partial charge in [0.1, 0.15) is 34.0 Å². The van der Waals surface area contributed by atoms with E-state index in [-0.39, 0.29) is 21.7 Å². The van der Waals surface area contributed by atoms with E-state index in [1.54, 1.807) is 0 Å². The summed E-state index contributed by atoms with van der Waals surface area (Å²) in [5.74, 6) is 4.51. The molecule has 0 N–H and O–H groups in total. The second-order valence-corrected chi connectivity index (χ2v) is 18.6. The van der Waals surface area contributed by atoms with Crippen molar-refractivity contribution in [2.75, 3.05) is 9.80 Å². The maximum atomic E-state index is 7.26. The van der Waals surface area contributed by atoms with Gasteiger partial charge in [-0.05, 0) is 36.4 Å². The number of fused-ring (bicyclic) bond motifs is 1. The lowest BCUT2D eigenvalue weighted by atomic mass is 9.63. The number of ether oxygens (including phenoxy) is 1. The van der Waals surface area contributed by atoms with E-state index in [1.807, 2.05) is 0 Å². The molecule has 10 heterocycles. The highest BCUT2D eigenvalue weighted by Gasteiger charge is 2.75. The fourth-order valence-electron chi connectivity index (χ4n) is 12.6. The first-order chi connectivity index (χ1) is 24.8. The van der Waals surface area contributed by atoms with Gasteiger partial charge in [0.05, 0.1) is 11.1 Å². The van der Waals surface area contributed by atoms with Crippen LogP contribution >= 0.6 is 0 Å². The van der Waals surface area contributed by atoms with Gasteiger partial charge < -0.3 is 4.74 Å². The Morgan fingerprint density at radius 2 is 0.750 bits per heavy atom. The maximum absolute atomic E-state index is 7.26. The number of benzene rings is 4. The smallest absolute Gasteiger partial charge is 0.323 e. The van der Waals surface area contributed by atoms with E-state index in [2.05, 4.69) is 159 Å². The lowest BCUT2D eigenvalue weighted by Crippen LogP contribution is -2.77. The maximum Gasteiger partial charge on any atom is 0.323 e. The molecule has 0 atom stereocenters. The molecule has 8 aliphatic rings. The molecule has 4 aromatic carbocycles. The number of anilines is 6. The van der Waals surface area contributed by atoms with Crippen LogP contribution in [0.1, 0.15) is 111 Å². The van der Waals surface area contributed by atoms with Crippen molar-refractivity contribution in [1.29, 1.82) is 0 Å². The molecule has 1 spiro atoms. The third-order valence-electron chi connectivity index (χ3n) is 15.1. The number of rotatable bonds is 0. The van der Waals surface area contributed by atoms with Crippen molar-refractivity contribution in [1.82, 2.24) is 0 Å². The summed E-state index contributed by atoms with van der Waals surface area (Å²) in [4.78, 5) is 5.32. The average Bonchev–Trinajstić information content (AvgIpc) is 3.42. The SMILES string of the molecule is CC1(C)c2cccc3c2N2c4c1ccc1c4C45c6c(ccc7c6N6c8c(cccc8C(C)(C)c8ccc([n+]4c86)-c4ccc(c2[n+]45)C3(C)C)C7(C)C)O1. The molecule has 0 bridgehead atoms. The molecule has 14 rings (SSSR count). The van der Waals surface area contributed by atoms with Crippen molar-refractivity contribution in [3.8, 4) is 22.9 Å². The van der Waals surface area contributed by atoms with Gasteiger partial charge in [-0.2, -0.15) is 18.9 Å². The van der Waals surface area contributed by atoms with Crippen LogP contribution in [0, 0.1) is 0 Å². The summed E-state index contributed by atoms with van der Waals surface area (Å²) in [7, 11) is 0. The highest BCUT2D eigenvalue weighted by Crippen LogP contribution is 2.71. The number of hydrogen-bond donors (Lipinski definition) is 0. The molecule has 0 fully saturated rings. The number of aromatic nitrogens is 2. The molecule has 0 unspecified atom stereocenters. The van der Waals surface area contributed by atoms with Crippen LogP contribution in [0.3, 0.4) is 0 Å². The van der Waals surface area contributed by atoms with Crippen LogP contribution in [0.4, 0.5) is 34.4 Å². The first kappa shape index (κ1) is 27.3. The summed E-state index contributed by atoms with van der Waals surface area (Å²) in [5, 5.41) is 0. The van der Waals surface area contributed by atoms with Crippen molar-refractivity contribution in [2.24, 2.45) is 0 Å². The number of pyridine rings is 2. The molecule has 8 aliphatic heterocycles. The van der Waals surface area contributed by atoms with Crippen LogP contribution in [0.15, 0.2) is 84.9 Å². The van der Waals surface area contributed by atoms with Crippen molar-refractivity contribution in [3.05, 3.63) is 141 Å². The van der Waals surface area contributed by atoms with E-state index < -0.39 is 5.66 Å². The lowest BCUT2D eigenvalue weighted by molar-refractivity contribution is -0.929. The molecule has 0 radical (unpaired) electrons. The Hall–Kier alpha value is -5.42. The van der Waals surface area contributed by atoms with E-state index in [0.717, 1.165) is 11.5 Å². The predicted molar refractivity (Wildman–Crippen MR) is 202 cm³/mol. The Morgan fingerprint density at radius 3 is 1.15 bits per heavy atom. The molecule has 5 heteroatoms.